The number of halogens is 1. The van der Waals surface area contributed by atoms with Crippen molar-refractivity contribution in [3.63, 3.8) is 0 Å². The molecule has 4 nitrogen and oxygen atoms in total. The molecule has 1 N–H and O–H groups in total. The van der Waals surface area contributed by atoms with E-state index in [1.807, 2.05) is 0 Å². The molecule has 0 aliphatic heterocycles. The van der Waals surface area contributed by atoms with Gasteiger partial charge in [0.25, 0.3) is 0 Å². The fourth-order valence-corrected chi connectivity index (χ4v) is 1.46. The molecule has 1 aromatic carbocycles. The molecule has 0 unspecified atom stereocenters. The van der Waals surface area contributed by atoms with Crippen molar-refractivity contribution in [3.8, 4) is 6.07 Å². The van der Waals surface area contributed by atoms with Crippen molar-refractivity contribution in [2.45, 2.75) is 20.0 Å². The monoisotopic (exact) mass is 237 g/mol. The molecule has 0 aromatic heterocycles. The Morgan fingerprint density at radius 1 is 1.59 bits per heavy atom. The Labute approximate surface area is 98.2 Å². The molecule has 0 aliphatic rings. The van der Waals surface area contributed by atoms with Crippen LogP contribution in [0.2, 0.25) is 0 Å². The number of hydrogen-bond acceptors (Lipinski definition) is 4. The van der Waals surface area contributed by atoms with Gasteiger partial charge in [-0.25, -0.2) is 4.39 Å². The van der Waals surface area contributed by atoms with Gasteiger partial charge in [0.15, 0.2) is 0 Å². The first-order valence-corrected chi connectivity index (χ1v) is 5.10. The van der Waals surface area contributed by atoms with Gasteiger partial charge in [0.05, 0.1) is 31.3 Å². The molecule has 0 amide bonds. The molecule has 0 radical (unpaired) electrons. The summed E-state index contributed by atoms with van der Waals surface area (Å²) >= 11 is 0. The van der Waals surface area contributed by atoms with Crippen molar-refractivity contribution in [2.24, 2.45) is 0 Å². The van der Waals surface area contributed by atoms with Crippen molar-refractivity contribution in [3.05, 3.63) is 34.6 Å². The van der Waals surface area contributed by atoms with E-state index in [-0.39, 0.29) is 29.7 Å². The number of carbonyl (C=O) groups is 1. The van der Waals surface area contributed by atoms with E-state index in [1.54, 1.807) is 13.0 Å². The quantitative estimate of drug-likeness (QED) is 0.801. The third kappa shape index (κ3) is 3.26. The highest BCUT2D eigenvalue weighted by molar-refractivity contribution is 5.73. The Morgan fingerprint density at radius 3 is 2.82 bits per heavy atom. The van der Waals surface area contributed by atoms with Crippen molar-refractivity contribution in [1.29, 1.82) is 5.26 Å². The van der Waals surface area contributed by atoms with Crippen LogP contribution in [-0.2, 0) is 22.6 Å². The molecule has 1 aromatic rings. The van der Waals surface area contributed by atoms with Gasteiger partial charge >= 0.3 is 5.97 Å². The first-order chi connectivity index (χ1) is 8.12. The molecule has 0 heterocycles. The molecule has 0 fully saturated rings. The van der Waals surface area contributed by atoms with Crippen LogP contribution in [0.15, 0.2) is 12.1 Å². The minimum absolute atomic E-state index is 0.0250. The molecule has 17 heavy (non-hydrogen) atoms. The lowest BCUT2D eigenvalue weighted by molar-refractivity contribution is -0.142. The molecule has 0 atom stereocenters. The van der Waals surface area contributed by atoms with E-state index < -0.39 is 18.4 Å². The number of aliphatic hydroxyl groups excluding tert-OH is 1. The summed E-state index contributed by atoms with van der Waals surface area (Å²) < 4.78 is 18.2. The summed E-state index contributed by atoms with van der Waals surface area (Å²) in [6, 6.07) is 4.20. The fourth-order valence-electron chi connectivity index (χ4n) is 1.46. The van der Waals surface area contributed by atoms with Crippen LogP contribution >= 0.6 is 0 Å². The maximum Gasteiger partial charge on any atom is 0.310 e. The standard InChI is InChI=1S/C12H12FNO3/c1-2-17-12(16)5-9-3-8(6-14)4-11(13)10(9)7-15/h3-4,15H,2,5,7H2,1H3. The third-order valence-corrected chi connectivity index (χ3v) is 2.22. The van der Waals surface area contributed by atoms with Crippen molar-refractivity contribution < 1.29 is 19.0 Å². The van der Waals surface area contributed by atoms with E-state index in [9.17, 15) is 9.18 Å². The summed E-state index contributed by atoms with van der Waals surface area (Å²) in [6.45, 7) is 1.37. The summed E-state index contributed by atoms with van der Waals surface area (Å²) in [5.41, 5.74) is 0.415. The number of hydrogen-bond donors (Lipinski definition) is 1. The minimum atomic E-state index is -0.689. The molecule has 0 aliphatic carbocycles. The molecule has 0 saturated heterocycles. The van der Waals surface area contributed by atoms with Gasteiger partial charge in [-0.1, -0.05) is 0 Å². The molecular formula is C12H12FNO3. The Hall–Kier alpha value is -1.93. The highest BCUT2D eigenvalue weighted by Gasteiger charge is 2.14. The number of rotatable bonds is 4. The Kier molecular flexibility index (Phi) is 4.61. The number of benzene rings is 1. The van der Waals surface area contributed by atoms with Gasteiger partial charge in [-0.2, -0.15) is 5.26 Å². The van der Waals surface area contributed by atoms with Gasteiger partial charge in [-0.05, 0) is 24.6 Å². The number of nitrogens with zero attached hydrogens (tertiary/aromatic N) is 1. The topological polar surface area (TPSA) is 70.3 Å². The van der Waals surface area contributed by atoms with Gasteiger partial charge in [-0.3, -0.25) is 4.79 Å². The molecule has 5 heteroatoms. The Balaban J connectivity index is 3.08. The molecule has 90 valence electrons. The van der Waals surface area contributed by atoms with Crippen LogP contribution < -0.4 is 0 Å². The predicted molar refractivity (Wildman–Crippen MR) is 57.4 cm³/mol. The van der Waals surface area contributed by atoms with Gasteiger partial charge in [-0.15, -0.1) is 0 Å². The lowest BCUT2D eigenvalue weighted by Crippen LogP contribution is -2.10. The summed E-state index contributed by atoms with van der Waals surface area (Å²) in [5, 5.41) is 17.7. The molecular weight excluding hydrogens is 225 g/mol. The third-order valence-electron chi connectivity index (χ3n) is 2.22. The SMILES string of the molecule is CCOC(=O)Cc1cc(C#N)cc(F)c1CO. The highest BCUT2D eigenvalue weighted by Crippen LogP contribution is 2.17. The number of esters is 1. The number of ether oxygens (including phenoxy) is 1. The first-order valence-electron chi connectivity index (χ1n) is 5.10. The number of carbonyl (C=O) groups excluding carboxylic acids is 1. The van der Waals surface area contributed by atoms with Crippen LogP contribution in [0.3, 0.4) is 0 Å². The predicted octanol–water partition coefficient (Wildman–Crippen LogP) is 1.30. The van der Waals surface area contributed by atoms with Gasteiger partial charge in [0, 0.05) is 5.56 Å². The smallest absolute Gasteiger partial charge is 0.310 e. The maximum absolute atomic E-state index is 13.5. The van der Waals surface area contributed by atoms with Crippen LogP contribution in [0.4, 0.5) is 4.39 Å². The Morgan fingerprint density at radius 2 is 2.29 bits per heavy atom. The van der Waals surface area contributed by atoms with E-state index >= 15 is 0 Å². The van der Waals surface area contributed by atoms with Crippen molar-refractivity contribution >= 4 is 5.97 Å². The van der Waals surface area contributed by atoms with Crippen LogP contribution in [0.1, 0.15) is 23.6 Å². The average Bonchev–Trinajstić information content (AvgIpc) is 2.28. The summed E-state index contributed by atoms with van der Waals surface area (Å²) in [7, 11) is 0. The second kappa shape index (κ2) is 5.97. The molecule has 1 rings (SSSR count). The van der Waals surface area contributed by atoms with Crippen LogP contribution in [0.25, 0.3) is 0 Å². The van der Waals surface area contributed by atoms with E-state index in [2.05, 4.69) is 0 Å². The summed E-state index contributed by atoms with van der Waals surface area (Å²) in [5.74, 6) is -1.21. The number of nitriles is 1. The van der Waals surface area contributed by atoms with Crippen molar-refractivity contribution in [2.75, 3.05) is 6.61 Å². The summed E-state index contributed by atoms with van der Waals surface area (Å²) in [4.78, 5) is 11.3. The molecule has 0 spiro atoms. The fraction of sp³-hybridized carbons (Fsp3) is 0.333. The van der Waals surface area contributed by atoms with Crippen LogP contribution in [0.5, 0.6) is 0 Å². The lowest BCUT2D eigenvalue weighted by atomic mass is 10.0. The van der Waals surface area contributed by atoms with Gasteiger partial charge in [0.1, 0.15) is 5.82 Å². The second-order valence-corrected chi connectivity index (χ2v) is 3.35. The van der Waals surface area contributed by atoms with E-state index in [1.165, 1.54) is 6.07 Å². The zero-order chi connectivity index (χ0) is 12.8. The minimum Gasteiger partial charge on any atom is -0.466 e. The van der Waals surface area contributed by atoms with Crippen LogP contribution in [-0.4, -0.2) is 17.7 Å². The zero-order valence-corrected chi connectivity index (χ0v) is 9.36. The van der Waals surface area contributed by atoms with Crippen LogP contribution in [0, 0.1) is 17.1 Å². The second-order valence-electron chi connectivity index (χ2n) is 3.35. The normalized spacial score (nSPS) is 9.76. The van der Waals surface area contributed by atoms with E-state index in [4.69, 9.17) is 15.1 Å². The first kappa shape index (κ1) is 13.1. The summed E-state index contributed by atoms with van der Waals surface area (Å²) in [6.07, 6.45) is -0.157. The lowest BCUT2D eigenvalue weighted by Gasteiger charge is -2.08. The number of aliphatic hydroxyl groups is 1. The molecule has 0 bridgehead atoms. The van der Waals surface area contributed by atoms with Gasteiger partial charge < -0.3 is 9.84 Å². The zero-order valence-electron chi connectivity index (χ0n) is 9.36. The Bertz CT molecular complexity index is 466. The van der Waals surface area contributed by atoms with Gasteiger partial charge in [0.2, 0.25) is 0 Å². The van der Waals surface area contributed by atoms with E-state index in [0.717, 1.165) is 6.07 Å². The van der Waals surface area contributed by atoms with E-state index in [0.29, 0.717) is 0 Å². The molecule has 0 saturated carbocycles. The largest absolute Gasteiger partial charge is 0.466 e. The maximum atomic E-state index is 13.5. The van der Waals surface area contributed by atoms with Crippen molar-refractivity contribution in [1.82, 2.24) is 0 Å². The average molecular weight is 237 g/mol. The highest BCUT2D eigenvalue weighted by atomic mass is 19.1.